The summed E-state index contributed by atoms with van der Waals surface area (Å²) in [5.74, 6) is 0. The van der Waals surface area contributed by atoms with Gasteiger partial charge >= 0.3 is 0 Å². The molecule has 2 aromatic carbocycles. The molecule has 4 heteroatoms. The van der Waals surface area contributed by atoms with Gasteiger partial charge in [0.2, 0.25) is 0 Å². The van der Waals surface area contributed by atoms with Crippen LogP contribution in [0.15, 0.2) is 24.3 Å². The SMILES string of the molecule is O=Cc1ccc2cc(Cl)c(Cl)cc2c1Cl. The van der Waals surface area contributed by atoms with Gasteiger partial charge < -0.3 is 0 Å². The van der Waals surface area contributed by atoms with E-state index in [4.69, 9.17) is 34.8 Å². The summed E-state index contributed by atoms with van der Waals surface area (Å²) in [4.78, 5) is 10.7. The van der Waals surface area contributed by atoms with Crippen LogP contribution in [-0.2, 0) is 0 Å². The summed E-state index contributed by atoms with van der Waals surface area (Å²) >= 11 is 17.8. The summed E-state index contributed by atoms with van der Waals surface area (Å²) in [5, 5.41) is 2.89. The molecule has 0 atom stereocenters. The Labute approximate surface area is 102 Å². The molecule has 0 saturated carbocycles. The van der Waals surface area contributed by atoms with Crippen molar-refractivity contribution >= 4 is 51.9 Å². The number of aldehydes is 1. The van der Waals surface area contributed by atoms with E-state index in [0.29, 0.717) is 26.9 Å². The first-order valence-electron chi connectivity index (χ1n) is 4.16. The molecule has 2 rings (SSSR count). The Morgan fingerprint density at radius 3 is 2.33 bits per heavy atom. The largest absolute Gasteiger partial charge is 0.298 e. The average molecular weight is 260 g/mol. The van der Waals surface area contributed by atoms with Crippen LogP contribution in [0.2, 0.25) is 15.1 Å². The zero-order valence-corrected chi connectivity index (χ0v) is 9.70. The molecule has 2 aromatic rings. The van der Waals surface area contributed by atoms with Crippen molar-refractivity contribution in [3.63, 3.8) is 0 Å². The van der Waals surface area contributed by atoms with E-state index in [1.54, 1.807) is 24.3 Å². The smallest absolute Gasteiger partial charge is 0.151 e. The molecule has 0 N–H and O–H groups in total. The number of hydrogen-bond acceptors (Lipinski definition) is 1. The molecule has 0 aliphatic rings. The van der Waals surface area contributed by atoms with Crippen LogP contribution in [0.5, 0.6) is 0 Å². The van der Waals surface area contributed by atoms with Crippen LogP contribution in [-0.4, -0.2) is 6.29 Å². The maximum absolute atomic E-state index is 10.7. The van der Waals surface area contributed by atoms with Crippen molar-refractivity contribution in [1.82, 2.24) is 0 Å². The van der Waals surface area contributed by atoms with E-state index in [2.05, 4.69) is 0 Å². The number of rotatable bonds is 1. The third-order valence-electron chi connectivity index (χ3n) is 2.15. The van der Waals surface area contributed by atoms with E-state index in [1.165, 1.54) is 0 Å². The lowest BCUT2D eigenvalue weighted by Crippen LogP contribution is -1.84. The summed E-state index contributed by atoms with van der Waals surface area (Å²) in [6, 6.07) is 6.82. The summed E-state index contributed by atoms with van der Waals surface area (Å²) in [7, 11) is 0. The van der Waals surface area contributed by atoms with Gasteiger partial charge in [-0.3, -0.25) is 4.79 Å². The third kappa shape index (κ3) is 1.83. The number of carbonyl (C=O) groups is 1. The fourth-order valence-electron chi connectivity index (χ4n) is 1.39. The fourth-order valence-corrected chi connectivity index (χ4v) is 2.00. The van der Waals surface area contributed by atoms with Crippen molar-refractivity contribution in [2.24, 2.45) is 0 Å². The molecule has 0 heterocycles. The van der Waals surface area contributed by atoms with Crippen molar-refractivity contribution < 1.29 is 4.79 Å². The molecule has 0 unspecified atom stereocenters. The van der Waals surface area contributed by atoms with Crippen LogP contribution in [0.1, 0.15) is 10.4 Å². The van der Waals surface area contributed by atoms with Gasteiger partial charge in [0.1, 0.15) is 0 Å². The first-order valence-corrected chi connectivity index (χ1v) is 5.29. The Kier molecular flexibility index (Phi) is 2.87. The van der Waals surface area contributed by atoms with Gasteiger partial charge in [-0.1, -0.05) is 40.9 Å². The average Bonchev–Trinajstić information content (AvgIpc) is 2.22. The zero-order valence-electron chi connectivity index (χ0n) is 7.43. The predicted molar refractivity (Wildman–Crippen MR) is 64.4 cm³/mol. The van der Waals surface area contributed by atoms with Gasteiger partial charge in [-0.05, 0) is 23.6 Å². The van der Waals surface area contributed by atoms with Gasteiger partial charge in [0.15, 0.2) is 6.29 Å². The Bertz CT molecular complexity index is 549. The Balaban J connectivity index is 2.87. The van der Waals surface area contributed by atoms with Crippen molar-refractivity contribution in [2.75, 3.05) is 0 Å². The van der Waals surface area contributed by atoms with Crippen molar-refractivity contribution in [1.29, 1.82) is 0 Å². The van der Waals surface area contributed by atoms with Crippen LogP contribution >= 0.6 is 34.8 Å². The second-order valence-electron chi connectivity index (χ2n) is 3.07. The Morgan fingerprint density at radius 2 is 1.67 bits per heavy atom. The normalized spacial score (nSPS) is 10.6. The summed E-state index contributed by atoms with van der Waals surface area (Å²) in [6.07, 6.45) is 0.713. The number of hydrogen-bond donors (Lipinski definition) is 0. The quantitative estimate of drug-likeness (QED) is 0.683. The topological polar surface area (TPSA) is 17.1 Å². The summed E-state index contributed by atoms with van der Waals surface area (Å²) in [5.41, 5.74) is 0.447. The van der Waals surface area contributed by atoms with Crippen LogP contribution in [0.3, 0.4) is 0 Å². The minimum Gasteiger partial charge on any atom is -0.298 e. The van der Waals surface area contributed by atoms with Gasteiger partial charge in [-0.25, -0.2) is 0 Å². The van der Waals surface area contributed by atoms with Gasteiger partial charge in [-0.2, -0.15) is 0 Å². The van der Waals surface area contributed by atoms with E-state index in [0.717, 1.165) is 10.8 Å². The molecule has 0 aromatic heterocycles. The minimum atomic E-state index is 0.404. The molecule has 15 heavy (non-hydrogen) atoms. The Morgan fingerprint density at radius 1 is 1.00 bits per heavy atom. The molecule has 0 spiro atoms. The first-order chi connectivity index (χ1) is 7.13. The summed E-state index contributed by atoms with van der Waals surface area (Å²) in [6.45, 7) is 0. The van der Waals surface area contributed by atoms with Crippen LogP contribution < -0.4 is 0 Å². The zero-order chi connectivity index (χ0) is 11.0. The fraction of sp³-hybridized carbons (Fsp3) is 0. The highest BCUT2D eigenvalue weighted by Crippen LogP contribution is 2.33. The van der Waals surface area contributed by atoms with Gasteiger partial charge in [-0.15, -0.1) is 0 Å². The molecular formula is C11H5Cl3O. The molecule has 0 aliphatic carbocycles. The van der Waals surface area contributed by atoms with Crippen LogP contribution in [0.25, 0.3) is 10.8 Å². The molecule has 0 bridgehead atoms. The minimum absolute atomic E-state index is 0.404. The lowest BCUT2D eigenvalue weighted by Gasteiger charge is -2.04. The molecule has 0 radical (unpaired) electrons. The molecule has 76 valence electrons. The highest BCUT2D eigenvalue weighted by atomic mass is 35.5. The van der Waals surface area contributed by atoms with E-state index in [-0.39, 0.29) is 0 Å². The number of fused-ring (bicyclic) bond motifs is 1. The number of carbonyl (C=O) groups excluding carboxylic acids is 1. The van der Waals surface area contributed by atoms with Crippen LogP contribution in [0.4, 0.5) is 0 Å². The highest BCUT2D eigenvalue weighted by molar-refractivity contribution is 6.44. The Hall–Kier alpha value is -0.760. The van der Waals surface area contributed by atoms with E-state index >= 15 is 0 Å². The third-order valence-corrected chi connectivity index (χ3v) is 3.30. The number of halogens is 3. The molecule has 1 nitrogen and oxygen atoms in total. The van der Waals surface area contributed by atoms with Gasteiger partial charge in [0, 0.05) is 10.9 Å². The van der Waals surface area contributed by atoms with Crippen molar-refractivity contribution in [2.45, 2.75) is 0 Å². The maximum Gasteiger partial charge on any atom is 0.151 e. The lowest BCUT2D eigenvalue weighted by atomic mass is 10.1. The first kappa shape index (κ1) is 10.7. The van der Waals surface area contributed by atoms with Gasteiger partial charge in [0.05, 0.1) is 15.1 Å². The van der Waals surface area contributed by atoms with Crippen molar-refractivity contribution in [3.8, 4) is 0 Å². The second kappa shape index (κ2) is 4.01. The number of benzene rings is 2. The van der Waals surface area contributed by atoms with Crippen molar-refractivity contribution in [3.05, 3.63) is 44.9 Å². The van der Waals surface area contributed by atoms with E-state index in [9.17, 15) is 4.79 Å². The molecule has 0 saturated heterocycles. The standard InChI is InChI=1S/C11H5Cl3O/c12-9-3-6-1-2-7(5-15)11(14)8(6)4-10(9)13/h1-5H. The van der Waals surface area contributed by atoms with E-state index in [1.807, 2.05) is 0 Å². The van der Waals surface area contributed by atoms with E-state index < -0.39 is 0 Å². The lowest BCUT2D eigenvalue weighted by molar-refractivity contribution is 0.112. The highest BCUT2D eigenvalue weighted by Gasteiger charge is 2.07. The molecule has 0 aliphatic heterocycles. The predicted octanol–water partition coefficient (Wildman–Crippen LogP) is 4.61. The molecule has 0 fully saturated rings. The van der Waals surface area contributed by atoms with Gasteiger partial charge in [0.25, 0.3) is 0 Å². The molecular weight excluding hydrogens is 254 g/mol. The van der Waals surface area contributed by atoms with Crippen LogP contribution in [0, 0.1) is 0 Å². The molecule has 0 amide bonds. The summed E-state index contributed by atoms with van der Waals surface area (Å²) < 4.78 is 0. The second-order valence-corrected chi connectivity index (χ2v) is 4.27. The monoisotopic (exact) mass is 258 g/mol. The maximum atomic E-state index is 10.7.